The molecule has 2 aromatic rings. The minimum atomic E-state index is -3.71. The summed E-state index contributed by atoms with van der Waals surface area (Å²) in [5, 5.41) is 10.2. The third-order valence-corrected chi connectivity index (χ3v) is 1.93. The summed E-state index contributed by atoms with van der Waals surface area (Å²) in [4.78, 5) is 0. The molecule has 8 heteroatoms. The Hall–Kier alpha value is -1.37. The number of alkyl halides is 3. The largest absolute Gasteiger partial charge is 0.336 e. The van der Waals surface area contributed by atoms with Crippen LogP contribution in [-0.4, -0.2) is 26.5 Å². The fourth-order valence-electron chi connectivity index (χ4n) is 1.05. The molecule has 0 N–H and O–H groups in total. The molecule has 2 rings (SSSR count). The maximum absolute atomic E-state index is 13.0. The molecule has 2 heterocycles. The number of fused-ring (bicyclic) bond motifs is 1. The Labute approximate surface area is 86.7 Å². The molecule has 4 nitrogen and oxygen atoms in total. The van der Waals surface area contributed by atoms with E-state index in [1.807, 2.05) is 0 Å². The number of halogens is 4. The average Bonchev–Trinajstić information content (AvgIpc) is 2.61. The lowest BCUT2D eigenvalue weighted by atomic mass is 10.3. The van der Waals surface area contributed by atoms with Crippen LogP contribution in [0.5, 0.6) is 0 Å². The van der Waals surface area contributed by atoms with Gasteiger partial charge >= 0.3 is 5.92 Å². The first-order valence-corrected chi connectivity index (χ1v) is 4.24. The van der Waals surface area contributed by atoms with Gasteiger partial charge in [-0.15, -0.1) is 10.2 Å². The molecule has 0 atom stereocenters. The van der Waals surface area contributed by atoms with E-state index in [0.29, 0.717) is 0 Å². The summed E-state index contributed by atoms with van der Waals surface area (Å²) < 4.78 is 38.8. The molecule has 15 heavy (non-hydrogen) atoms. The van der Waals surface area contributed by atoms with Crippen molar-refractivity contribution < 1.29 is 13.2 Å². The van der Waals surface area contributed by atoms with Gasteiger partial charge in [-0.3, -0.25) is 0 Å². The van der Waals surface area contributed by atoms with Crippen molar-refractivity contribution in [1.29, 1.82) is 0 Å². The first-order chi connectivity index (χ1) is 7.04. The molecule has 0 aliphatic carbocycles. The van der Waals surface area contributed by atoms with Crippen molar-refractivity contribution in [1.82, 2.24) is 19.8 Å². The molecule has 80 valence electrons. The summed E-state index contributed by atoms with van der Waals surface area (Å²) in [5.41, 5.74) is 0.0857. The van der Waals surface area contributed by atoms with Crippen LogP contribution in [0.1, 0.15) is 5.82 Å². The zero-order chi connectivity index (χ0) is 11.1. The average molecular weight is 237 g/mol. The summed E-state index contributed by atoms with van der Waals surface area (Å²) in [7, 11) is 0. The molecule has 0 unspecified atom stereocenters. The van der Waals surface area contributed by atoms with Crippen molar-refractivity contribution in [2.24, 2.45) is 0 Å². The van der Waals surface area contributed by atoms with Gasteiger partial charge in [-0.2, -0.15) is 18.4 Å². The highest BCUT2D eigenvalue weighted by Gasteiger charge is 2.38. The van der Waals surface area contributed by atoms with Crippen molar-refractivity contribution in [2.75, 3.05) is 6.67 Å². The molecule has 0 bridgehead atoms. The lowest BCUT2D eigenvalue weighted by Gasteiger charge is -2.08. The van der Waals surface area contributed by atoms with E-state index < -0.39 is 18.4 Å². The molecule has 0 aromatic carbocycles. The Kier molecular flexibility index (Phi) is 2.26. The van der Waals surface area contributed by atoms with Crippen LogP contribution in [-0.2, 0) is 5.92 Å². The van der Waals surface area contributed by atoms with Crippen molar-refractivity contribution in [3.8, 4) is 0 Å². The van der Waals surface area contributed by atoms with E-state index in [1.165, 1.54) is 12.1 Å². The molecule has 2 aromatic heterocycles. The second-order valence-corrected chi connectivity index (χ2v) is 3.17. The molecule has 0 aliphatic heterocycles. The van der Waals surface area contributed by atoms with Gasteiger partial charge in [-0.25, -0.2) is 4.39 Å². The number of nitrogens with zero attached hydrogens (tertiary/aromatic N) is 4. The Morgan fingerprint density at radius 2 is 2.07 bits per heavy atom. The fourth-order valence-corrected chi connectivity index (χ4v) is 1.19. The summed E-state index contributed by atoms with van der Waals surface area (Å²) in [6, 6.07) is 2.74. The van der Waals surface area contributed by atoms with Crippen LogP contribution >= 0.6 is 11.6 Å². The van der Waals surface area contributed by atoms with Gasteiger partial charge < -0.3 is 0 Å². The van der Waals surface area contributed by atoms with Gasteiger partial charge in [0.05, 0.1) is 0 Å². The summed E-state index contributed by atoms with van der Waals surface area (Å²) in [6.07, 6.45) is 0. The number of hydrogen-bond donors (Lipinski definition) is 0. The maximum Gasteiger partial charge on any atom is 0.336 e. The second-order valence-electron chi connectivity index (χ2n) is 2.79. The summed E-state index contributed by atoms with van der Waals surface area (Å²) >= 11 is 5.51. The third-order valence-electron chi connectivity index (χ3n) is 1.73. The number of hydrogen-bond acceptors (Lipinski definition) is 3. The van der Waals surface area contributed by atoms with Gasteiger partial charge in [0.15, 0.2) is 12.3 Å². The van der Waals surface area contributed by atoms with Crippen molar-refractivity contribution in [2.45, 2.75) is 5.92 Å². The van der Waals surface area contributed by atoms with Crippen LogP contribution in [0.4, 0.5) is 13.2 Å². The van der Waals surface area contributed by atoms with E-state index in [2.05, 4.69) is 15.3 Å². The van der Waals surface area contributed by atoms with Crippen LogP contribution in [0.3, 0.4) is 0 Å². The summed E-state index contributed by atoms with van der Waals surface area (Å²) in [5.74, 6) is -4.57. The van der Waals surface area contributed by atoms with E-state index in [9.17, 15) is 13.2 Å². The molecule has 0 radical (unpaired) electrons. The highest BCUT2D eigenvalue weighted by Crippen LogP contribution is 2.26. The van der Waals surface area contributed by atoms with Gasteiger partial charge in [0.1, 0.15) is 5.15 Å². The fraction of sp³-hybridized carbons (Fsp3) is 0.286. The highest BCUT2D eigenvalue weighted by molar-refractivity contribution is 6.29. The van der Waals surface area contributed by atoms with Gasteiger partial charge in [-0.1, -0.05) is 11.6 Å². The van der Waals surface area contributed by atoms with Gasteiger partial charge in [0.2, 0.25) is 5.82 Å². The second kappa shape index (κ2) is 3.34. The van der Waals surface area contributed by atoms with Crippen LogP contribution in [0, 0.1) is 0 Å². The third kappa shape index (κ3) is 1.63. The summed E-state index contributed by atoms with van der Waals surface area (Å²) in [6.45, 7) is -1.86. The van der Waals surface area contributed by atoms with Crippen LogP contribution in [0.25, 0.3) is 5.65 Å². The van der Waals surface area contributed by atoms with E-state index >= 15 is 0 Å². The Balaban J connectivity index is 2.67. The molecule has 0 spiro atoms. The number of rotatable bonds is 2. The topological polar surface area (TPSA) is 43.1 Å². The predicted octanol–water partition coefficient (Wildman–Crippen LogP) is 1.84. The van der Waals surface area contributed by atoms with E-state index in [4.69, 9.17) is 11.6 Å². The predicted molar refractivity (Wildman–Crippen MR) is 45.7 cm³/mol. The smallest absolute Gasteiger partial charge is 0.244 e. The van der Waals surface area contributed by atoms with Crippen LogP contribution in [0.2, 0.25) is 5.15 Å². The highest BCUT2D eigenvalue weighted by atomic mass is 35.5. The Bertz CT molecular complexity index is 498. The quantitative estimate of drug-likeness (QED) is 0.799. The molecule has 0 fully saturated rings. The monoisotopic (exact) mass is 236 g/mol. The Morgan fingerprint density at radius 3 is 2.73 bits per heavy atom. The van der Waals surface area contributed by atoms with Crippen molar-refractivity contribution in [3.05, 3.63) is 23.1 Å². The minimum absolute atomic E-state index is 0.00166. The molecular weight excluding hydrogens is 233 g/mol. The SMILES string of the molecule is FCC(F)(F)c1nnc2ccc(Cl)nn12. The normalized spacial score (nSPS) is 12.3. The standard InChI is InChI=1S/C7H4ClF3N4/c8-4-1-2-5-12-13-6(15(5)14-4)7(10,11)3-9/h1-2H,3H2. The minimum Gasteiger partial charge on any atom is -0.244 e. The van der Waals surface area contributed by atoms with Gasteiger partial charge in [0.25, 0.3) is 0 Å². The lowest BCUT2D eigenvalue weighted by molar-refractivity contribution is -0.0382. The van der Waals surface area contributed by atoms with E-state index in [-0.39, 0.29) is 10.8 Å². The van der Waals surface area contributed by atoms with E-state index in [0.717, 1.165) is 4.52 Å². The van der Waals surface area contributed by atoms with Crippen LogP contribution < -0.4 is 0 Å². The maximum atomic E-state index is 13.0. The molecule has 0 saturated carbocycles. The first kappa shape index (κ1) is 10.2. The van der Waals surface area contributed by atoms with Crippen molar-refractivity contribution >= 4 is 17.2 Å². The molecular formula is C7H4ClF3N4. The lowest BCUT2D eigenvalue weighted by Crippen LogP contribution is -2.20. The van der Waals surface area contributed by atoms with Gasteiger partial charge in [-0.05, 0) is 12.1 Å². The number of aromatic nitrogens is 4. The van der Waals surface area contributed by atoms with Crippen molar-refractivity contribution in [3.63, 3.8) is 0 Å². The zero-order valence-electron chi connectivity index (χ0n) is 7.16. The molecule has 0 aliphatic rings. The zero-order valence-corrected chi connectivity index (χ0v) is 7.92. The van der Waals surface area contributed by atoms with Gasteiger partial charge in [0, 0.05) is 0 Å². The van der Waals surface area contributed by atoms with E-state index in [1.54, 1.807) is 0 Å². The molecule has 0 amide bonds. The first-order valence-electron chi connectivity index (χ1n) is 3.87. The molecule has 0 saturated heterocycles. The van der Waals surface area contributed by atoms with Crippen LogP contribution in [0.15, 0.2) is 12.1 Å². The Morgan fingerprint density at radius 1 is 1.33 bits per heavy atom.